The molecule has 4 heteroatoms. The van der Waals surface area contributed by atoms with E-state index in [2.05, 4.69) is 59.3 Å². The van der Waals surface area contributed by atoms with E-state index in [1.54, 1.807) is 0 Å². The monoisotopic (exact) mass is 343 g/mol. The fourth-order valence-electron chi connectivity index (χ4n) is 4.19. The Bertz CT molecular complexity index is 539. The highest BCUT2D eigenvalue weighted by Crippen LogP contribution is 2.29. The number of carbonyl (C=O) groups is 1. The van der Waals surface area contributed by atoms with Gasteiger partial charge < -0.3 is 5.32 Å². The number of piperazine rings is 1. The van der Waals surface area contributed by atoms with Crippen molar-refractivity contribution in [3.05, 3.63) is 35.9 Å². The summed E-state index contributed by atoms with van der Waals surface area (Å²) in [4.78, 5) is 17.2. The first kappa shape index (κ1) is 18.4. The van der Waals surface area contributed by atoms with Crippen LogP contribution in [0.4, 0.5) is 0 Å². The highest BCUT2D eigenvalue weighted by atomic mass is 16.2. The van der Waals surface area contributed by atoms with Gasteiger partial charge in [-0.3, -0.25) is 14.6 Å². The maximum atomic E-state index is 12.4. The Kier molecular flexibility index (Phi) is 6.49. The van der Waals surface area contributed by atoms with Crippen LogP contribution in [0.3, 0.4) is 0 Å². The van der Waals surface area contributed by atoms with Crippen molar-refractivity contribution in [1.82, 2.24) is 15.1 Å². The summed E-state index contributed by atoms with van der Waals surface area (Å²) < 4.78 is 0. The van der Waals surface area contributed by atoms with Crippen LogP contribution in [0.25, 0.3) is 0 Å². The molecule has 1 heterocycles. The average molecular weight is 344 g/mol. The lowest BCUT2D eigenvalue weighted by Crippen LogP contribution is -2.51. The van der Waals surface area contributed by atoms with Crippen LogP contribution in [0.5, 0.6) is 0 Å². The molecule has 1 amide bonds. The van der Waals surface area contributed by atoms with Gasteiger partial charge >= 0.3 is 0 Å². The first-order chi connectivity index (χ1) is 12.1. The number of carbonyl (C=O) groups excluding carboxylic acids is 1. The molecule has 0 radical (unpaired) electrons. The summed E-state index contributed by atoms with van der Waals surface area (Å²) >= 11 is 0. The summed E-state index contributed by atoms with van der Waals surface area (Å²) in [6, 6.07) is 11.0. The van der Waals surface area contributed by atoms with Gasteiger partial charge in [0.05, 0.1) is 6.54 Å². The van der Waals surface area contributed by atoms with Crippen molar-refractivity contribution in [3.8, 4) is 0 Å². The van der Waals surface area contributed by atoms with Crippen molar-refractivity contribution in [3.63, 3.8) is 0 Å². The van der Waals surface area contributed by atoms with Crippen LogP contribution in [0.1, 0.15) is 38.7 Å². The number of benzene rings is 1. The molecule has 1 aliphatic carbocycles. The second-order valence-electron chi connectivity index (χ2n) is 7.98. The summed E-state index contributed by atoms with van der Waals surface area (Å²) in [5.74, 6) is 1.53. The third kappa shape index (κ3) is 5.29. The van der Waals surface area contributed by atoms with E-state index < -0.39 is 0 Å². The zero-order valence-corrected chi connectivity index (χ0v) is 15.8. The molecule has 25 heavy (non-hydrogen) atoms. The first-order valence-electron chi connectivity index (χ1n) is 9.90. The van der Waals surface area contributed by atoms with E-state index in [9.17, 15) is 4.79 Å². The van der Waals surface area contributed by atoms with Crippen LogP contribution in [-0.2, 0) is 11.3 Å². The smallest absolute Gasteiger partial charge is 0.234 e. The van der Waals surface area contributed by atoms with Crippen molar-refractivity contribution in [1.29, 1.82) is 0 Å². The molecule has 0 spiro atoms. The minimum Gasteiger partial charge on any atom is -0.352 e. The molecule has 1 saturated carbocycles. The van der Waals surface area contributed by atoms with E-state index in [0.29, 0.717) is 18.5 Å². The highest BCUT2D eigenvalue weighted by molar-refractivity contribution is 5.78. The molecule has 138 valence electrons. The number of nitrogens with one attached hydrogen (secondary N) is 1. The Morgan fingerprint density at radius 1 is 1.04 bits per heavy atom. The quantitative estimate of drug-likeness (QED) is 0.893. The molecule has 1 N–H and O–H groups in total. The Labute approximate surface area is 152 Å². The maximum Gasteiger partial charge on any atom is 0.234 e. The van der Waals surface area contributed by atoms with Gasteiger partial charge in [0.15, 0.2) is 0 Å². The molecule has 3 rings (SSSR count). The van der Waals surface area contributed by atoms with Crippen LogP contribution in [0, 0.1) is 11.8 Å². The lowest BCUT2D eigenvalue weighted by Gasteiger charge is -2.36. The predicted octanol–water partition coefficient (Wildman–Crippen LogP) is 2.75. The number of hydrogen-bond acceptors (Lipinski definition) is 3. The van der Waals surface area contributed by atoms with Crippen molar-refractivity contribution < 1.29 is 4.79 Å². The predicted molar refractivity (Wildman–Crippen MR) is 102 cm³/mol. The van der Waals surface area contributed by atoms with Crippen LogP contribution in [0.2, 0.25) is 0 Å². The molecular weight excluding hydrogens is 310 g/mol. The van der Waals surface area contributed by atoms with Crippen molar-refractivity contribution in [2.75, 3.05) is 32.7 Å². The molecule has 3 atom stereocenters. The van der Waals surface area contributed by atoms with Crippen LogP contribution in [-0.4, -0.2) is 54.5 Å². The minimum absolute atomic E-state index is 0.211. The molecule has 1 aliphatic heterocycles. The number of hydrogen-bond donors (Lipinski definition) is 1. The lowest BCUT2D eigenvalue weighted by molar-refractivity contribution is -0.124. The van der Waals surface area contributed by atoms with Gasteiger partial charge in [0.2, 0.25) is 5.91 Å². The summed E-state index contributed by atoms with van der Waals surface area (Å²) in [5.41, 5.74) is 1.37. The van der Waals surface area contributed by atoms with Gasteiger partial charge in [0.25, 0.3) is 0 Å². The fraction of sp³-hybridized carbons (Fsp3) is 0.667. The zero-order chi connectivity index (χ0) is 17.6. The molecule has 4 nitrogen and oxygen atoms in total. The van der Waals surface area contributed by atoms with Gasteiger partial charge in [0.1, 0.15) is 0 Å². The normalized spacial score (nSPS) is 28.6. The molecule has 1 aromatic carbocycles. The zero-order valence-electron chi connectivity index (χ0n) is 15.8. The fourth-order valence-corrected chi connectivity index (χ4v) is 4.19. The van der Waals surface area contributed by atoms with Crippen LogP contribution < -0.4 is 5.32 Å². The molecule has 2 fully saturated rings. The van der Waals surface area contributed by atoms with Crippen molar-refractivity contribution >= 4 is 5.91 Å². The summed E-state index contributed by atoms with van der Waals surface area (Å²) in [6.45, 7) is 10.2. The summed E-state index contributed by atoms with van der Waals surface area (Å²) in [7, 11) is 0. The van der Waals surface area contributed by atoms with E-state index in [0.717, 1.165) is 45.1 Å². The average Bonchev–Trinajstić information content (AvgIpc) is 2.62. The van der Waals surface area contributed by atoms with E-state index in [-0.39, 0.29) is 5.91 Å². The topological polar surface area (TPSA) is 35.6 Å². The third-order valence-electron chi connectivity index (χ3n) is 6.13. The molecule has 1 aromatic rings. The van der Waals surface area contributed by atoms with Gasteiger partial charge in [-0.05, 0) is 23.8 Å². The minimum atomic E-state index is 0.211. The Balaban J connectivity index is 1.39. The lowest BCUT2D eigenvalue weighted by atomic mass is 9.78. The molecular formula is C21H33N3O. The van der Waals surface area contributed by atoms with Gasteiger partial charge in [-0.25, -0.2) is 0 Å². The van der Waals surface area contributed by atoms with Gasteiger partial charge in [-0.15, -0.1) is 0 Å². The number of amides is 1. The van der Waals surface area contributed by atoms with Gasteiger partial charge in [0, 0.05) is 38.8 Å². The summed E-state index contributed by atoms with van der Waals surface area (Å²) in [6.07, 6.45) is 3.69. The largest absolute Gasteiger partial charge is 0.352 e. The van der Waals surface area contributed by atoms with E-state index >= 15 is 0 Å². The van der Waals surface area contributed by atoms with E-state index in [1.165, 1.54) is 18.4 Å². The third-order valence-corrected chi connectivity index (χ3v) is 6.13. The van der Waals surface area contributed by atoms with Crippen molar-refractivity contribution in [2.24, 2.45) is 11.8 Å². The standard InChI is InChI=1S/C21H33N3O/c1-17-7-6-10-20(18(17)2)22-21(25)16-24-13-11-23(12-14-24)15-19-8-4-3-5-9-19/h3-5,8-9,17-18,20H,6-7,10-16H2,1-2H3,(H,22,25)/t17-,18+,20+/m0/s1. The summed E-state index contributed by atoms with van der Waals surface area (Å²) in [5, 5.41) is 3.30. The van der Waals surface area contributed by atoms with Crippen LogP contribution >= 0.6 is 0 Å². The highest BCUT2D eigenvalue weighted by Gasteiger charge is 2.28. The van der Waals surface area contributed by atoms with E-state index in [4.69, 9.17) is 0 Å². The maximum absolute atomic E-state index is 12.4. The molecule has 0 bridgehead atoms. The first-order valence-corrected chi connectivity index (χ1v) is 9.90. The van der Waals surface area contributed by atoms with Crippen molar-refractivity contribution in [2.45, 2.75) is 45.7 Å². The molecule has 0 aromatic heterocycles. The van der Waals surface area contributed by atoms with Crippen LogP contribution in [0.15, 0.2) is 30.3 Å². The Morgan fingerprint density at radius 2 is 1.72 bits per heavy atom. The molecule has 2 aliphatic rings. The SMILES string of the molecule is C[C@@H]1[C@@H](C)CCC[C@H]1NC(=O)CN1CCN(Cc2ccccc2)CC1. The number of rotatable bonds is 5. The molecule has 1 saturated heterocycles. The second-order valence-corrected chi connectivity index (χ2v) is 7.98. The second kappa shape index (κ2) is 8.81. The van der Waals surface area contributed by atoms with Gasteiger partial charge in [-0.1, -0.05) is 57.0 Å². The Hall–Kier alpha value is -1.39. The molecule has 0 unspecified atom stereocenters. The number of nitrogens with zero attached hydrogens (tertiary/aromatic N) is 2. The van der Waals surface area contributed by atoms with Gasteiger partial charge in [-0.2, -0.15) is 0 Å². The Morgan fingerprint density at radius 3 is 2.44 bits per heavy atom. The van der Waals surface area contributed by atoms with E-state index in [1.807, 2.05) is 0 Å².